The predicted octanol–water partition coefficient (Wildman–Crippen LogP) is 3.13. The van der Waals surface area contributed by atoms with Crippen molar-refractivity contribution < 1.29 is 0 Å². The van der Waals surface area contributed by atoms with Gasteiger partial charge in [-0.15, -0.1) is 11.3 Å². The molecular weight excluding hydrogens is 282 g/mol. The van der Waals surface area contributed by atoms with E-state index in [0.29, 0.717) is 0 Å². The first-order valence-electron chi connectivity index (χ1n) is 6.40. The Hall–Kier alpha value is -2.73. The number of anilines is 1. The highest BCUT2D eigenvalue weighted by Crippen LogP contribution is 2.25. The summed E-state index contributed by atoms with van der Waals surface area (Å²) in [5, 5.41) is 7.42. The zero-order valence-corrected chi connectivity index (χ0v) is 11.8. The zero-order chi connectivity index (χ0) is 14.2. The quantitative estimate of drug-likeness (QED) is 0.576. The predicted molar refractivity (Wildman–Crippen MR) is 84.4 cm³/mol. The summed E-state index contributed by atoms with van der Waals surface area (Å²) in [5.74, 6) is 0.788. The van der Waals surface area contributed by atoms with Crippen LogP contribution in [0.4, 0.5) is 5.69 Å². The van der Waals surface area contributed by atoms with E-state index in [1.54, 1.807) is 22.3 Å². The van der Waals surface area contributed by atoms with Gasteiger partial charge in [-0.2, -0.15) is 5.10 Å². The molecular formula is C15H11N5S. The summed E-state index contributed by atoms with van der Waals surface area (Å²) in [6.07, 6.45) is 5.33. The fourth-order valence-corrected chi connectivity index (χ4v) is 2.99. The molecule has 2 N–H and O–H groups in total. The number of benzene rings is 1. The Bertz CT molecular complexity index is 924. The molecule has 102 valence electrons. The maximum Gasteiger partial charge on any atom is 0.165 e. The summed E-state index contributed by atoms with van der Waals surface area (Å²) in [7, 11) is 0. The summed E-state index contributed by atoms with van der Waals surface area (Å²) in [6.45, 7) is 0. The minimum absolute atomic E-state index is 0.738. The molecule has 0 atom stereocenters. The molecule has 0 spiro atoms. The molecule has 1 aromatic carbocycles. The molecule has 3 aromatic heterocycles. The van der Waals surface area contributed by atoms with Gasteiger partial charge >= 0.3 is 0 Å². The Labute approximate surface area is 124 Å². The molecule has 6 heteroatoms. The Balaban J connectivity index is 1.83. The molecule has 0 unspecified atom stereocenters. The average Bonchev–Trinajstić information content (AvgIpc) is 3.16. The number of nitrogen functional groups attached to an aromatic ring is 1. The number of hydrogen-bond donors (Lipinski definition) is 1. The molecule has 5 nitrogen and oxygen atoms in total. The Morgan fingerprint density at radius 1 is 1.10 bits per heavy atom. The van der Waals surface area contributed by atoms with Gasteiger partial charge in [-0.1, -0.05) is 12.1 Å². The highest BCUT2D eigenvalue weighted by molar-refractivity contribution is 7.16. The summed E-state index contributed by atoms with van der Waals surface area (Å²) in [6, 6.07) is 9.76. The van der Waals surface area contributed by atoms with Gasteiger partial charge in [0, 0.05) is 17.4 Å². The lowest BCUT2D eigenvalue weighted by atomic mass is 10.1. The summed E-state index contributed by atoms with van der Waals surface area (Å²) < 4.78 is 1.77. The zero-order valence-electron chi connectivity index (χ0n) is 11.0. The standard InChI is InChI=1S/C15H11N5S/c16-12-3-1-2-10(6-12)11-7-19-20(8-11)14-13-4-5-21-15(13)18-9-17-14/h1-9H,16H2. The van der Waals surface area contributed by atoms with Gasteiger partial charge in [-0.25, -0.2) is 14.6 Å². The maximum absolute atomic E-state index is 5.83. The van der Waals surface area contributed by atoms with Crippen LogP contribution in [-0.4, -0.2) is 19.7 Å². The van der Waals surface area contributed by atoms with Crippen molar-refractivity contribution in [2.75, 3.05) is 5.73 Å². The average molecular weight is 293 g/mol. The molecule has 0 saturated carbocycles. The second-order valence-electron chi connectivity index (χ2n) is 4.64. The molecule has 4 aromatic rings. The Morgan fingerprint density at radius 3 is 2.95 bits per heavy atom. The van der Waals surface area contributed by atoms with E-state index in [2.05, 4.69) is 15.1 Å². The van der Waals surface area contributed by atoms with Crippen LogP contribution in [0.25, 0.3) is 27.2 Å². The van der Waals surface area contributed by atoms with Gasteiger partial charge in [0.1, 0.15) is 11.2 Å². The number of nitrogens with two attached hydrogens (primary N) is 1. The Kier molecular flexibility index (Phi) is 2.68. The lowest BCUT2D eigenvalue weighted by molar-refractivity contribution is 0.852. The number of hydrogen-bond acceptors (Lipinski definition) is 5. The molecule has 0 saturated heterocycles. The third-order valence-corrected chi connectivity index (χ3v) is 4.08. The number of fused-ring (bicyclic) bond motifs is 1. The van der Waals surface area contributed by atoms with Crippen molar-refractivity contribution in [2.24, 2.45) is 0 Å². The summed E-state index contributed by atoms with van der Waals surface area (Å²) in [4.78, 5) is 9.56. The van der Waals surface area contributed by atoms with E-state index in [9.17, 15) is 0 Å². The van der Waals surface area contributed by atoms with Crippen molar-refractivity contribution in [3.8, 4) is 16.9 Å². The molecule has 0 radical (unpaired) electrons. The van der Waals surface area contributed by atoms with E-state index in [1.165, 1.54) is 0 Å². The third kappa shape index (κ3) is 2.05. The molecule has 0 aliphatic rings. The van der Waals surface area contributed by atoms with Crippen LogP contribution in [0.1, 0.15) is 0 Å². The fraction of sp³-hybridized carbons (Fsp3) is 0. The van der Waals surface area contributed by atoms with E-state index in [1.807, 2.05) is 48.1 Å². The summed E-state index contributed by atoms with van der Waals surface area (Å²) >= 11 is 1.59. The first kappa shape index (κ1) is 12.0. The normalized spacial score (nSPS) is 11.0. The largest absolute Gasteiger partial charge is 0.399 e. The van der Waals surface area contributed by atoms with Crippen molar-refractivity contribution in [2.45, 2.75) is 0 Å². The molecule has 3 heterocycles. The second-order valence-corrected chi connectivity index (χ2v) is 5.53. The summed E-state index contributed by atoms with van der Waals surface area (Å²) in [5.41, 5.74) is 8.61. The van der Waals surface area contributed by atoms with Crippen LogP contribution in [0.2, 0.25) is 0 Å². The minimum Gasteiger partial charge on any atom is -0.399 e. The van der Waals surface area contributed by atoms with Gasteiger partial charge < -0.3 is 5.73 Å². The molecule has 0 fully saturated rings. The van der Waals surface area contributed by atoms with Crippen molar-refractivity contribution in [3.05, 3.63) is 54.4 Å². The molecule has 0 aliphatic carbocycles. The lowest BCUT2D eigenvalue weighted by Gasteiger charge is -2.01. The first-order chi connectivity index (χ1) is 10.3. The van der Waals surface area contributed by atoms with E-state index in [4.69, 9.17) is 5.73 Å². The number of thiophene rings is 1. The van der Waals surface area contributed by atoms with Gasteiger partial charge in [0.05, 0.1) is 11.6 Å². The number of aromatic nitrogens is 4. The maximum atomic E-state index is 5.83. The molecule has 0 amide bonds. The first-order valence-corrected chi connectivity index (χ1v) is 7.28. The van der Waals surface area contributed by atoms with Gasteiger partial charge in [0.15, 0.2) is 5.82 Å². The highest BCUT2D eigenvalue weighted by Gasteiger charge is 2.09. The van der Waals surface area contributed by atoms with Crippen LogP contribution in [0.3, 0.4) is 0 Å². The number of rotatable bonds is 2. The van der Waals surface area contributed by atoms with Crippen LogP contribution in [0.15, 0.2) is 54.4 Å². The topological polar surface area (TPSA) is 69.6 Å². The van der Waals surface area contributed by atoms with Gasteiger partial charge in [0.25, 0.3) is 0 Å². The van der Waals surface area contributed by atoms with Crippen LogP contribution in [-0.2, 0) is 0 Å². The smallest absolute Gasteiger partial charge is 0.165 e. The SMILES string of the molecule is Nc1cccc(-c2cnn(-c3ncnc4sccc34)c2)c1. The van der Waals surface area contributed by atoms with Crippen LogP contribution in [0.5, 0.6) is 0 Å². The molecule has 21 heavy (non-hydrogen) atoms. The van der Waals surface area contributed by atoms with Gasteiger partial charge in [-0.3, -0.25) is 0 Å². The van der Waals surface area contributed by atoms with E-state index in [0.717, 1.165) is 32.8 Å². The molecule has 0 aliphatic heterocycles. The second kappa shape index (κ2) is 4.68. The molecule has 0 bridgehead atoms. The van der Waals surface area contributed by atoms with Crippen molar-refractivity contribution in [3.63, 3.8) is 0 Å². The third-order valence-electron chi connectivity index (χ3n) is 3.26. The van der Waals surface area contributed by atoms with Crippen molar-refractivity contribution in [1.29, 1.82) is 0 Å². The Morgan fingerprint density at radius 2 is 2.05 bits per heavy atom. The van der Waals surface area contributed by atoms with Crippen LogP contribution >= 0.6 is 11.3 Å². The van der Waals surface area contributed by atoms with Crippen molar-refractivity contribution >= 4 is 27.2 Å². The minimum atomic E-state index is 0.738. The van der Waals surface area contributed by atoms with E-state index < -0.39 is 0 Å². The van der Waals surface area contributed by atoms with Gasteiger partial charge in [-0.05, 0) is 29.1 Å². The monoisotopic (exact) mass is 293 g/mol. The van der Waals surface area contributed by atoms with E-state index in [-0.39, 0.29) is 0 Å². The van der Waals surface area contributed by atoms with Crippen LogP contribution < -0.4 is 5.73 Å². The highest BCUT2D eigenvalue weighted by atomic mass is 32.1. The van der Waals surface area contributed by atoms with Gasteiger partial charge in [0.2, 0.25) is 0 Å². The van der Waals surface area contributed by atoms with E-state index >= 15 is 0 Å². The lowest BCUT2D eigenvalue weighted by Crippen LogP contribution is -1.98. The molecule has 4 rings (SSSR count). The number of nitrogens with zero attached hydrogens (tertiary/aromatic N) is 4. The van der Waals surface area contributed by atoms with Crippen LogP contribution in [0, 0.1) is 0 Å². The van der Waals surface area contributed by atoms with Crippen molar-refractivity contribution in [1.82, 2.24) is 19.7 Å². The fourth-order valence-electron chi connectivity index (χ4n) is 2.27.